The number of carbonyl (C=O) groups is 2. The molecule has 0 aliphatic rings. The molecule has 0 saturated carbocycles. The normalized spacial score (nSPS) is 10.8. The highest BCUT2D eigenvalue weighted by Crippen LogP contribution is 2.36. The lowest BCUT2D eigenvalue weighted by Crippen LogP contribution is -2.33. The zero-order valence-electron chi connectivity index (χ0n) is 18.2. The van der Waals surface area contributed by atoms with E-state index in [1.165, 1.54) is 24.3 Å². The fourth-order valence-corrected chi connectivity index (χ4v) is 3.67. The maximum absolute atomic E-state index is 12.3. The van der Waals surface area contributed by atoms with Crippen molar-refractivity contribution in [3.8, 4) is 28.0 Å². The van der Waals surface area contributed by atoms with Crippen molar-refractivity contribution in [1.29, 1.82) is 0 Å². The molecule has 1 aromatic carbocycles. The maximum Gasteiger partial charge on any atom is 0.489 e. The van der Waals surface area contributed by atoms with Crippen LogP contribution in [0.3, 0.4) is 0 Å². The smallest absolute Gasteiger partial charge is 0.489 e. The largest absolute Gasteiger partial charge is 0.496 e. The van der Waals surface area contributed by atoms with Crippen molar-refractivity contribution in [3.05, 3.63) is 60.2 Å². The van der Waals surface area contributed by atoms with Crippen molar-refractivity contribution in [2.75, 3.05) is 21.2 Å². The molecule has 0 aliphatic carbocycles. The topological polar surface area (TPSA) is 129 Å². The number of aromatic nitrogens is 3. The molecule has 0 bridgehead atoms. The molecular weight excluding hydrogens is 423 g/mol. The molecule has 0 radical (unpaired) electrons. The quantitative estimate of drug-likeness (QED) is 0.304. The number of amides is 1. The predicted octanol–water partition coefficient (Wildman–Crippen LogP) is 1.49. The molecule has 10 heteroatoms. The molecule has 0 fully saturated rings. The number of hydrogen-bond donors (Lipinski definition) is 3. The summed E-state index contributed by atoms with van der Waals surface area (Å²) in [4.78, 5) is 37.2. The first-order valence-corrected chi connectivity index (χ1v) is 10.0. The minimum atomic E-state index is -1.81. The van der Waals surface area contributed by atoms with E-state index in [9.17, 15) is 19.6 Å². The molecule has 3 heterocycles. The van der Waals surface area contributed by atoms with Gasteiger partial charge < -0.3 is 24.7 Å². The van der Waals surface area contributed by atoms with Gasteiger partial charge in [0, 0.05) is 72.1 Å². The van der Waals surface area contributed by atoms with Gasteiger partial charge in [0.15, 0.2) is 0 Å². The zero-order valence-corrected chi connectivity index (χ0v) is 18.2. The van der Waals surface area contributed by atoms with Gasteiger partial charge in [0.25, 0.3) is 5.91 Å². The van der Waals surface area contributed by atoms with Gasteiger partial charge in [0.05, 0.1) is 12.7 Å². The van der Waals surface area contributed by atoms with E-state index in [4.69, 9.17) is 4.74 Å². The number of ether oxygens (including phenoxy) is 1. The number of hydrogen-bond acceptors (Lipinski definition) is 7. The highest BCUT2D eigenvalue weighted by atomic mass is 16.5. The van der Waals surface area contributed by atoms with Crippen LogP contribution in [0.1, 0.15) is 20.7 Å². The molecule has 1 amide bonds. The number of aromatic amines is 1. The third-order valence-electron chi connectivity index (χ3n) is 5.36. The van der Waals surface area contributed by atoms with Crippen LogP contribution in [0, 0.1) is 0 Å². The lowest BCUT2D eigenvalue weighted by molar-refractivity contribution is 0.0827. The number of rotatable bonds is 6. The monoisotopic (exact) mass is 444 g/mol. The first-order valence-electron chi connectivity index (χ1n) is 10.0. The summed E-state index contributed by atoms with van der Waals surface area (Å²) in [6.45, 7) is 0. The van der Waals surface area contributed by atoms with Gasteiger partial charge in [-0.15, -0.1) is 0 Å². The van der Waals surface area contributed by atoms with E-state index in [2.05, 4.69) is 15.0 Å². The van der Waals surface area contributed by atoms with E-state index in [0.717, 1.165) is 16.5 Å². The zero-order chi connectivity index (χ0) is 23.7. The molecular formula is C23H21BN4O5. The molecule has 166 valence electrons. The summed E-state index contributed by atoms with van der Waals surface area (Å²) in [7, 11) is 3.01. The average molecular weight is 444 g/mol. The Labute approximate surface area is 189 Å². The SMILES string of the molecule is COc1cc(B(O)O)c(C=O)cc1-c1c[nH]c2ncc(-c3cncc(C(=O)N(C)C)c3)cc12. The van der Waals surface area contributed by atoms with Crippen molar-refractivity contribution < 1.29 is 24.4 Å². The first kappa shape index (κ1) is 22.2. The van der Waals surface area contributed by atoms with E-state index in [1.54, 1.807) is 44.8 Å². The van der Waals surface area contributed by atoms with E-state index in [-0.39, 0.29) is 16.9 Å². The maximum atomic E-state index is 12.3. The van der Waals surface area contributed by atoms with Crippen LogP contribution < -0.4 is 10.2 Å². The minimum absolute atomic E-state index is 0.0534. The number of benzene rings is 1. The van der Waals surface area contributed by atoms with Crippen molar-refractivity contribution >= 4 is 35.8 Å². The summed E-state index contributed by atoms with van der Waals surface area (Å²) in [5.41, 5.74) is 4.04. The Hall–Kier alpha value is -4.02. The molecule has 0 spiro atoms. The van der Waals surface area contributed by atoms with Crippen LogP contribution >= 0.6 is 0 Å². The summed E-state index contributed by atoms with van der Waals surface area (Å²) in [5, 5.41) is 20.0. The molecule has 4 aromatic rings. The molecule has 0 aliphatic heterocycles. The highest BCUT2D eigenvalue weighted by molar-refractivity contribution is 6.60. The molecule has 4 rings (SSSR count). The minimum Gasteiger partial charge on any atom is -0.496 e. The second kappa shape index (κ2) is 8.85. The van der Waals surface area contributed by atoms with Crippen LogP contribution in [0.15, 0.2) is 49.1 Å². The number of fused-ring (bicyclic) bond motifs is 1. The van der Waals surface area contributed by atoms with Crippen molar-refractivity contribution in [1.82, 2.24) is 19.9 Å². The molecule has 0 atom stereocenters. The lowest BCUT2D eigenvalue weighted by atomic mass is 9.76. The van der Waals surface area contributed by atoms with Crippen LogP contribution in [0.2, 0.25) is 0 Å². The highest BCUT2D eigenvalue weighted by Gasteiger charge is 2.22. The number of nitrogens with one attached hydrogen (secondary N) is 1. The van der Waals surface area contributed by atoms with Gasteiger partial charge in [-0.3, -0.25) is 14.6 Å². The number of H-pyrrole nitrogens is 1. The van der Waals surface area contributed by atoms with Gasteiger partial charge in [-0.25, -0.2) is 4.98 Å². The van der Waals surface area contributed by atoms with Crippen LogP contribution in [0.4, 0.5) is 0 Å². The standard InChI is InChI=1S/C23H21BN4O5/c1-28(2)23(30)15-4-13(8-25-9-15)14-5-18-19(11-27-22(18)26-10-14)17-6-16(12-29)20(24(31)32)7-21(17)33-3/h4-12,31-32H,1-3H3,(H,26,27). The summed E-state index contributed by atoms with van der Waals surface area (Å²) < 4.78 is 5.46. The summed E-state index contributed by atoms with van der Waals surface area (Å²) in [6, 6.07) is 6.64. The molecule has 9 nitrogen and oxygen atoms in total. The Balaban J connectivity index is 1.86. The van der Waals surface area contributed by atoms with E-state index in [0.29, 0.717) is 34.4 Å². The third-order valence-corrected chi connectivity index (χ3v) is 5.36. The fourth-order valence-electron chi connectivity index (χ4n) is 3.67. The Morgan fingerprint density at radius 1 is 1.09 bits per heavy atom. The Bertz CT molecular complexity index is 1370. The average Bonchev–Trinajstić information content (AvgIpc) is 3.25. The molecule has 0 saturated heterocycles. The van der Waals surface area contributed by atoms with Gasteiger partial charge in [-0.2, -0.15) is 0 Å². The summed E-state index contributed by atoms with van der Waals surface area (Å²) in [6.07, 6.45) is 7.16. The van der Waals surface area contributed by atoms with E-state index in [1.807, 2.05) is 6.07 Å². The molecule has 33 heavy (non-hydrogen) atoms. The van der Waals surface area contributed by atoms with Gasteiger partial charge in [0.1, 0.15) is 17.7 Å². The Morgan fingerprint density at radius 3 is 2.52 bits per heavy atom. The lowest BCUT2D eigenvalue weighted by Gasteiger charge is -2.13. The number of nitrogens with zero attached hydrogens (tertiary/aromatic N) is 3. The van der Waals surface area contributed by atoms with Gasteiger partial charge in [-0.05, 0) is 29.7 Å². The van der Waals surface area contributed by atoms with Crippen molar-refractivity contribution in [2.24, 2.45) is 0 Å². The van der Waals surface area contributed by atoms with Crippen LogP contribution in [-0.4, -0.2) is 70.4 Å². The second-order valence-corrected chi connectivity index (χ2v) is 7.66. The number of methoxy groups -OCH3 is 1. The Morgan fingerprint density at radius 2 is 1.85 bits per heavy atom. The summed E-state index contributed by atoms with van der Waals surface area (Å²) >= 11 is 0. The molecule has 3 aromatic heterocycles. The number of carbonyl (C=O) groups excluding carboxylic acids is 2. The number of aldehydes is 1. The second-order valence-electron chi connectivity index (χ2n) is 7.66. The van der Waals surface area contributed by atoms with E-state index < -0.39 is 7.12 Å². The van der Waals surface area contributed by atoms with Crippen molar-refractivity contribution in [2.45, 2.75) is 0 Å². The third kappa shape index (κ3) is 4.09. The molecule has 0 unspecified atom stereocenters. The summed E-state index contributed by atoms with van der Waals surface area (Å²) in [5.74, 6) is 0.216. The molecule has 3 N–H and O–H groups in total. The van der Waals surface area contributed by atoms with Crippen LogP contribution in [0.5, 0.6) is 5.75 Å². The fraction of sp³-hybridized carbons (Fsp3) is 0.130. The van der Waals surface area contributed by atoms with Gasteiger partial charge >= 0.3 is 7.12 Å². The Kier molecular flexibility index (Phi) is 5.95. The number of pyridine rings is 2. The first-order chi connectivity index (χ1) is 15.8. The van der Waals surface area contributed by atoms with Crippen molar-refractivity contribution in [3.63, 3.8) is 0 Å². The van der Waals surface area contributed by atoms with Crippen LogP contribution in [-0.2, 0) is 0 Å². The predicted molar refractivity (Wildman–Crippen MR) is 125 cm³/mol. The van der Waals surface area contributed by atoms with Crippen LogP contribution in [0.25, 0.3) is 33.3 Å². The van der Waals surface area contributed by atoms with E-state index >= 15 is 0 Å². The van der Waals surface area contributed by atoms with Gasteiger partial charge in [-0.1, -0.05) is 0 Å². The van der Waals surface area contributed by atoms with Gasteiger partial charge in [0.2, 0.25) is 0 Å².